The summed E-state index contributed by atoms with van der Waals surface area (Å²) in [6.07, 6.45) is 5.97. The maximum Gasteiger partial charge on any atom is 0.0524 e. The molecule has 102 valence electrons. The van der Waals surface area contributed by atoms with Crippen LogP contribution in [0.2, 0.25) is 0 Å². The summed E-state index contributed by atoms with van der Waals surface area (Å²) in [6, 6.07) is 0. The van der Waals surface area contributed by atoms with Gasteiger partial charge in [0.05, 0.1) is 6.10 Å². The zero-order valence-electron chi connectivity index (χ0n) is 12.0. The Balaban J connectivity index is 2.42. The molecule has 17 heavy (non-hydrogen) atoms. The van der Waals surface area contributed by atoms with E-state index in [1.54, 1.807) is 0 Å². The Hall–Kier alpha value is -0.120. The van der Waals surface area contributed by atoms with Gasteiger partial charge < -0.3 is 15.3 Å². The van der Waals surface area contributed by atoms with Crippen molar-refractivity contribution in [3.05, 3.63) is 0 Å². The summed E-state index contributed by atoms with van der Waals surface area (Å²) in [5.74, 6) is 0.838. The van der Waals surface area contributed by atoms with Gasteiger partial charge in [-0.05, 0) is 52.7 Å². The normalized spacial score (nSPS) is 31.8. The molecular formula is C14H30N2O. The summed E-state index contributed by atoms with van der Waals surface area (Å²) in [5.41, 5.74) is 0.330. The van der Waals surface area contributed by atoms with Crippen molar-refractivity contribution in [1.29, 1.82) is 0 Å². The highest BCUT2D eigenvalue weighted by Gasteiger charge is 2.36. The van der Waals surface area contributed by atoms with Crippen molar-refractivity contribution in [2.75, 3.05) is 27.2 Å². The molecule has 3 atom stereocenters. The van der Waals surface area contributed by atoms with Crippen molar-refractivity contribution in [3.63, 3.8) is 0 Å². The molecule has 1 aliphatic carbocycles. The van der Waals surface area contributed by atoms with Gasteiger partial charge in [0.25, 0.3) is 0 Å². The molecule has 0 aromatic heterocycles. The monoisotopic (exact) mass is 242 g/mol. The Labute approximate surface area is 107 Å². The molecule has 0 amide bonds. The molecule has 1 fully saturated rings. The molecule has 0 spiro atoms. The van der Waals surface area contributed by atoms with Crippen LogP contribution in [-0.4, -0.2) is 48.8 Å². The fourth-order valence-corrected chi connectivity index (χ4v) is 2.99. The molecule has 1 aliphatic rings. The van der Waals surface area contributed by atoms with E-state index in [2.05, 4.69) is 31.2 Å². The number of nitrogens with zero attached hydrogens (tertiary/aromatic N) is 1. The third kappa shape index (κ3) is 4.57. The van der Waals surface area contributed by atoms with Gasteiger partial charge in [-0.25, -0.2) is 0 Å². The van der Waals surface area contributed by atoms with Crippen LogP contribution in [0.1, 0.15) is 46.0 Å². The molecule has 0 radical (unpaired) electrons. The molecule has 0 bridgehead atoms. The fraction of sp³-hybridized carbons (Fsp3) is 1.00. The number of nitrogens with one attached hydrogen (secondary N) is 1. The quantitative estimate of drug-likeness (QED) is 0.698. The lowest BCUT2D eigenvalue weighted by Gasteiger charge is -2.45. The predicted molar refractivity (Wildman–Crippen MR) is 73.2 cm³/mol. The minimum absolute atomic E-state index is 0.192. The molecular weight excluding hydrogens is 212 g/mol. The first kappa shape index (κ1) is 14.9. The molecule has 2 N–H and O–H groups in total. The van der Waals surface area contributed by atoms with E-state index in [1.807, 2.05) is 6.92 Å². The van der Waals surface area contributed by atoms with Crippen LogP contribution in [0, 0.1) is 5.92 Å². The highest BCUT2D eigenvalue weighted by atomic mass is 16.3. The van der Waals surface area contributed by atoms with Crippen LogP contribution in [0.25, 0.3) is 0 Å². The molecule has 0 aromatic rings. The fourth-order valence-electron chi connectivity index (χ4n) is 2.99. The summed E-state index contributed by atoms with van der Waals surface area (Å²) >= 11 is 0. The van der Waals surface area contributed by atoms with Crippen LogP contribution >= 0.6 is 0 Å². The predicted octanol–water partition coefficient (Wildman–Crippen LogP) is 1.86. The smallest absolute Gasteiger partial charge is 0.0524 e. The van der Waals surface area contributed by atoms with E-state index in [-0.39, 0.29) is 6.10 Å². The van der Waals surface area contributed by atoms with Gasteiger partial charge in [0.15, 0.2) is 0 Å². The highest BCUT2D eigenvalue weighted by Crippen LogP contribution is 2.35. The third-order valence-electron chi connectivity index (χ3n) is 4.21. The van der Waals surface area contributed by atoms with Crippen LogP contribution in [-0.2, 0) is 0 Å². The lowest BCUT2D eigenvalue weighted by Crippen LogP contribution is -2.54. The molecule has 3 heteroatoms. The first-order valence-corrected chi connectivity index (χ1v) is 7.02. The summed E-state index contributed by atoms with van der Waals surface area (Å²) in [4.78, 5) is 2.40. The summed E-state index contributed by atoms with van der Waals surface area (Å²) < 4.78 is 0. The van der Waals surface area contributed by atoms with Gasteiger partial charge >= 0.3 is 0 Å². The first-order chi connectivity index (χ1) is 7.96. The maximum absolute atomic E-state index is 9.25. The van der Waals surface area contributed by atoms with E-state index in [1.165, 1.54) is 25.7 Å². The molecule has 1 saturated carbocycles. The van der Waals surface area contributed by atoms with E-state index in [4.69, 9.17) is 0 Å². The number of likely N-dealkylation sites (N-methyl/N-ethyl adjacent to an activating group) is 1. The largest absolute Gasteiger partial charge is 0.393 e. The second-order valence-corrected chi connectivity index (χ2v) is 6.13. The van der Waals surface area contributed by atoms with Crippen LogP contribution in [0.4, 0.5) is 0 Å². The van der Waals surface area contributed by atoms with Gasteiger partial charge in [0.1, 0.15) is 0 Å². The van der Waals surface area contributed by atoms with Crippen LogP contribution in [0.3, 0.4) is 0 Å². The van der Waals surface area contributed by atoms with E-state index in [0.717, 1.165) is 25.4 Å². The summed E-state index contributed by atoms with van der Waals surface area (Å²) in [7, 11) is 4.41. The lowest BCUT2D eigenvalue weighted by molar-refractivity contribution is 0.0740. The van der Waals surface area contributed by atoms with Crippen molar-refractivity contribution in [2.45, 2.75) is 57.6 Å². The van der Waals surface area contributed by atoms with Gasteiger partial charge in [-0.3, -0.25) is 0 Å². The van der Waals surface area contributed by atoms with Crippen molar-refractivity contribution in [2.24, 2.45) is 5.92 Å². The SMILES string of the molecule is CC(O)CCNCC1(N(C)C)CCCC(C)C1. The van der Waals surface area contributed by atoms with Crippen molar-refractivity contribution in [3.8, 4) is 0 Å². The molecule has 0 aromatic carbocycles. The van der Waals surface area contributed by atoms with Crippen LogP contribution in [0.15, 0.2) is 0 Å². The van der Waals surface area contributed by atoms with Gasteiger partial charge in [-0.15, -0.1) is 0 Å². The zero-order chi connectivity index (χ0) is 12.9. The highest BCUT2D eigenvalue weighted by molar-refractivity contribution is 4.94. The summed E-state index contributed by atoms with van der Waals surface area (Å²) in [5, 5.41) is 12.8. The lowest BCUT2D eigenvalue weighted by atomic mass is 9.75. The standard InChI is InChI=1S/C14H30N2O/c1-12-6-5-8-14(10-12,16(3)4)11-15-9-7-13(2)17/h12-13,15,17H,5-11H2,1-4H3. The zero-order valence-corrected chi connectivity index (χ0v) is 12.0. The third-order valence-corrected chi connectivity index (χ3v) is 4.21. The number of hydrogen-bond donors (Lipinski definition) is 2. The average molecular weight is 242 g/mol. The van der Waals surface area contributed by atoms with Gasteiger partial charge in [-0.2, -0.15) is 0 Å². The second kappa shape index (κ2) is 6.72. The summed E-state index contributed by atoms with van der Waals surface area (Å²) in [6.45, 7) is 6.19. The van der Waals surface area contributed by atoms with Crippen molar-refractivity contribution in [1.82, 2.24) is 10.2 Å². The minimum Gasteiger partial charge on any atom is -0.393 e. The van der Waals surface area contributed by atoms with Crippen molar-refractivity contribution >= 4 is 0 Å². The number of aliphatic hydroxyl groups is 1. The van der Waals surface area contributed by atoms with E-state index in [0.29, 0.717) is 5.54 Å². The Morgan fingerprint density at radius 2 is 2.18 bits per heavy atom. The van der Waals surface area contributed by atoms with Gasteiger partial charge in [-0.1, -0.05) is 19.8 Å². The Morgan fingerprint density at radius 1 is 1.47 bits per heavy atom. The second-order valence-electron chi connectivity index (χ2n) is 6.13. The minimum atomic E-state index is -0.192. The number of aliphatic hydroxyl groups excluding tert-OH is 1. The molecule has 3 nitrogen and oxygen atoms in total. The Kier molecular flexibility index (Phi) is 5.90. The van der Waals surface area contributed by atoms with Crippen molar-refractivity contribution < 1.29 is 5.11 Å². The van der Waals surface area contributed by atoms with E-state index >= 15 is 0 Å². The molecule has 3 unspecified atom stereocenters. The Bertz CT molecular complexity index is 218. The first-order valence-electron chi connectivity index (χ1n) is 7.02. The molecule has 0 aliphatic heterocycles. The van der Waals surface area contributed by atoms with E-state index < -0.39 is 0 Å². The van der Waals surface area contributed by atoms with E-state index in [9.17, 15) is 5.11 Å². The van der Waals surface area contributed by atoms with Crippen LogP contribution in [0.5, 0.6) is 0 Å². The van der Waals surface area contributed by atoms with Crippen LogP contribution < -0.4 is 5.32 Å². The van der Waals surface area contributed by atoms with Gasteiger partial charge in [0.2, 0.25) is 0 Å². The molecule has 0 heterocycles. The number of rotatable bonds is 6. The average Bonchev–Trinajstić information content (AvgIpc) is 2.24. The Morgan fingerprint density at radius 3 is 2.71 bits per heavy atom. The number of hydrogen-bond acceptors (Lipinski definition) is 3. The molecule has 1 rings (SSSR count). The topological polar surface area (TPSA) is 35.5 Å². The van der Waals surface area contributed by atoms with Gasteiger partial charge in [0, 0.05) is 12.1 Å². The maximum atomic E-state index is 9.25. The molecule has 0 saturated heterocycles.